The Morgan fingerprint density at radius 1 is 1.04 bits per heavy atom. The number of benzene rings is 1. The molecule has 2 fully saturated rings. The van der Waals surface area contributed by atoms with Gasteiger partial charge in [-0.15, -0.1) is 24.8 Å². The lowest BCUT2D eigenvalue weighted by Crippen LogP contribution is -2.48. The van der Waals surface area contributed by atoms with Crippen molar-refractivity contribution in [2.75, 3.05) is 39.4 Å². The van der Waals surface area contributed by atoms with Crippen molar-refractivity contribution in [3.05, 3.63) is 35.4 Å². The van der Waals surface area contributed by atoms with E-state index in [1.807, 2.05) is 0 Å². The van der Waals surface area contributed by atoms with Gasteiger partial charge in [0.2, 0.25) is 0 Å². The van der Waals surface area contributed by atoms with E-state index in [-0.39, 0.29) is 36.8 Å². The van der Waals surface area contributed by atoms with E-state index in [0.717, 1.165) is 39.0 Å². The lowest BCUT2D eigenvalue weighted by Gasteiger charge is -2.42. The lowest BCUT2D eigenvalue weighted by atomic mass is 9.83. The Morgan fingerprint density at radius 2 is 1.64 bits per heavy atom. The highest BCUT2D eigenvalue weighted by Crippen LogP contribution is 2.41. The summed E-state index contributed by atoms with van der Waals surface area (Å²) in [6.07, 6.45) is -2.67. The molecule has 144 valence electrons. The summed E-state index contributed by atoms with van der Waals surface area (Å²) in [5, 5.41) is 3.28. The summed E-state index contributed by atoms with van der Waals surface area (Å²) in [5.74, 6) is 0.213. The topological polar surface area (TPSA) is 24.5 Å². The van der Waals surface area contributed by atoms with E-state index >= 15 is 0 Å². The highest BCUT2D eigenvalue weighted by Gasteiger charge is 2.39. The predicted octanol–water partition coefficient (Wildman–Crippen LogP) is 3.92. The quantitative estimate of drug-likeness (QED) is 0.831. The summed E-state index contributed by atoms with van der Waals surface area (Å²) >= 11 is 0. The summed E-state index contributed by atoms with van der Waals surface area (Å²) in [4.78, 5) is 2.22. The minimum Gasteiger partial charge on any atom is -0.381 e. The molecule has 2 heterocycles. The summed E-state index contributed by atoms with van der Waals surface area (Å²) < 4.78 is 45.9. The Balaban J connectivity index is 0.00000156. The van der Waals surface area contributed by atoms with Gasteiger partial charge in [-0.2, -0.15) is 13.2 Å². The molecule has 2 aliphatic heterocycles. The van der Waals surface area contributed by atoms with Crippen LogP contribution in [0.15, 0.2) is 24.3 Å². The molecule has 0 bridgehead atoms. The van der Waals surface area contributed by atoms with Crippen LogP contribution in [0.3, 0.4) is 0 Å². The molecule has 0 unspecified atom stereocenters. The van der Waals surface area contributed by atoms with E-state index in [4.69, 9.17) is 4.74 Å². The van der Waals surface area contributed by atoms with E-state index in [1.54, 1.807) is 12.1 Å². The Morgan fingerprint density at radius 3 is 2.24 bits per heavy atom. The van der Waals surface area contributed by atoms with Gasteiger partial charge in [0.25, 0.3) is 0 Å². The van der Waals surface area contributed by atoms with Gasteiger partial charge in [0.1, 0.15) is 0 Å². The van der Waals surface area contributed by atoms with Crippen LogP contribution < -0.4 is 5.32 Å². The molecule has 1 aromatic rings. The standard InChI is InChI=1S/C17H23F3N2O.2ClH/c18-17(19,20)15-4-2-1-3-14(15)16(13-5-11-23-12-6-13)22-9-7-21-8-10-22;;/h1-4,13,16,21H,5-12H2;2*1H/t16-;;/m0../s1. The number of piperazine rings is 1. The number of hydrogen-bond acceptors (Lipinski definition) is 3. The van der Waals surface area contributed by atoms with Crippen LogP contribution in [-0.2, 0) is 10.9 Å². The highest BCUT2D eigenvalue weighted by molar-refractivity contribution is 5.85. The number of hydrogen-bond donors (Lipinski definition) is 1. The molecule has 0 aromatic heterocycles. The van der Waals surface area contributed by atoms with Crippen LogP contribution in [0.4, 0.5) is 13.2 Å². The van der Waals surface area contributed by atoms with E-state index < -0.39 is 11.7 Å². The van der Waals surface area contributed by atoms with Gasteiger partial charge in [0, 0.05) is 45.4 Å². The van der Waals surface area contributed by atoms with Gasteiger partial charge in [-0.25, -0.2) is 0 Å². The van der Waals surface area contributed by atoms with Crippen LogP contribution in [0.5, 0.6) is 0 Å². The van der Waals surface area contributed by atoms with Crippen LogP contribution in [0, 0.1) is 5.92 Å². The summed E-state index contributed by atoms with van der Waals surface area (Å²) in [7, 11) is 0. The first-order valence-electron chi connectivity index (χ1n) is 8.26. The molecular formula is C17H25Cl2F3N2O. The summed E-state index contributed by atoms with van der Waals surface area (Å²) in [5.41, 5.74) is -0.0659. The van der Waals surface area contributed by atoms with Crippen LogP contribution in [0.2, 0.25) is 0 Å². The molecule has 1 N–H and O–H groups in total. The van der Waals surface area contributed by atoms with Crippen molar-refractivity contribution in [1.29, 1.82) is 0 Å². The molecule has 0 spiro atoms. The van der Waals surface area contributed by atoms with Crippen LogP contribution in [0.1, 0.15) is 30.0 Å². The average Bonchev–Trinajstić information content (AvgIpc) is 2.57. The number of rotatable bonds is 3. The number of alkyl halides is 3. The minimum absolute atomic E-state index is 0. The molecule has 0 saturated carbocycles. The number of ether oxygens (including phenoxy) is 1. The lowest BCUT2D eigenvalue weighted by molar-refractivity contribution is -0.139. The van der Waals surface area contributed by atoms with Gasteiger partial charge >= 0.3 is 6.18 Å². The zero-order chi connectivity index (χ0) is 16.3. The normalized spacial score (nSPS) is 21.1. The van der Waals surface area contributed by atoms with E-state index in [1.165, 1.54) is 12.1 Å². The third-order valence-electron chi connectivity index (χ3n) is 4.84. The van der Waals surface area contributed by atoms with E-state index in [9.17, 15) is 13.2 Å². The maximum Gasteiger partial charge on any atom is 0.416 e. The molecule has 3 rings (SSSR count). The van der Waals surface area contributed by atoms with Gasteiger partial charge in [-0.3, -0.25) is 4.90 Å². The Hall–Kier alpha value is -0.530. The second-order valence-electron chi connectivity index (χ2n) is 6.27. The van der Waals surface area contributed by atoms with Crippen LogP contribution >= 0.6 is 24.8 Å². The van der Waals surface area contributed by atoms with Gasteiger partial charge < -0.3 is 10.1 Å². The Kier molecular flexibility index (Phi) is 8.98. The van der Waals surface area contributed by atoms with Crippen molar-refractivity contribution in [3.8, 4) is 0 Å². The second kappa shape index (κ2) is 9.97. The SMILES string of the molecule is Cl.Cl.FC(F)(F)c1ccccc1[C@H](C1CCOCC1)N1CCNCC1. The molecular weight excluding hydrogens is 376 g/mol. The van der Waals surface area contributed by atoms with Crippen LogP contribution in [0.25, 0.3) is 0 Å². The fourth-order valence-corrected chi connectivity index (χ4v) is 3.75. The van der Waals surface area contributed by atoms with E-state index in [0.29, 0.717) is 18.8 Å². The number of nitrogens with one attached hydrogen (secondary N) is 1. The monoisotopic (exact) mass is 400 g/mol. The van der Waals surface area contributed by atoms with Crippen LogP contribution in [-0.4, -0.2) is 44.3 Å². The third-order valence-corrected chi connectivity index (χ3v) is 4.84. The third kappa shape index (κ3) is 5.47. The highest BCUT2D eigenvalue weighted by atomic mass is 35.5. The number of halogens is 5. The second-order valence-corrected chi connectivity index (χ2v) is 6.27. The minimum atomic E-state index is -4.31. The van der Waals surface area contributed by atoms with Crippen molar-refractivity contribution >= 4 is 24.8 Å². The fraction of sp³-hybridized carbons (Fsp3) is 0.647. The molecule has 25 heavy (non-hydrogen) atoms. The number of nitrogens with zero attached hydrogens (tertiary/aromatic N) is 1. The van der Waals surface area contributed by atoms with E-state index in [2.05, 4.69) is 10.2 Å². The molecule has 0 amide bonds. The first-order valence-corrected chi connectivity index (χ1v) is 8.26. The zero-order valence-corrected chi connectivity index (χ0v) is 15.6. The fourth-order valence-electron chi connectivity index (χ4n) is 3.75. The molecule has 0 aliphatic carbocycles. The van der Waals surface area contributed by atoms with Gasteiger partial charge in [-0.05, 0) is 30.4 Å². The first-order chi connectivity index (χ1) is 11.1. The molecule has 1 aromatic carbocycles. The Bertz CT molecular complexity index is 501. The first kappa shape index (κ1) is 22.5. The molecule has 2 aliphatic rings. The molecule has 1 atom stereocenters. The maximum absolute atomic E-state index is 13.5. The zero-order valence-electron chi connectivity index (χ0n) is 13.9. The van der Waals surface area contributed by atoms with Crippen molar-refractivity contribution in [3.63, 3.8) is 0 Å². The van der Waals surface area contributed by atoms with Gasteiger partial charge in [0.15, 0.2) is 0 Å². The van der Waals surface area contributed by atoms with Gasteiger partial charge in [0.05, 0.1) is 5.56 Å². The molecule has 2 saturated heterocycles. The van der Waals surface area contributed by atoms with Crippen molar-refractivity contribution in [2.45, 2.75) is 25.1 Å². The molecule has 0 radical (unpaired) electrons. The van der Waals surface area contributed by atoms with Crippen molar-refractivity contribution < 1.29 is 17.9 Å². The average molecular weight is 401 g/mol. The largest absolute Gasteiger partial charge is 0.416 e. The predicted molar refractivity (Wildman–Crippen MR) is 96.7 cm³/mol. The molecule has 8 heteroatoms. The Labute approximate surface area is 159 Å². The van der Waals surface area contributed by atoms with Crippen molar-refractivity contribution in [2.24, 2.45) is 5.92 Å². The summed E-state index contributed by atoms with van der Waals surface area (Å²) in [6.45, 7) is 4.51. The molecule has 3 nitrogen and oxygen atoms in total. The maximum atomic E-state index is 13.5. The smallest absolute Gasteiger partial charge is 0.381 e. The summed E-state index contributed by atoms with van der Waals surface area (Å²) in [6, 6.07) is 5.89. The van der Waals surface area contributed by atoms with Gasteiger partial charge in [-0.1, -0.05) is 18.2 Å². The van der Waals surface area contributed by atoms with Crippen molar-refractivity contribution in [1.82, 2.24) is 10.2 Å².